The third-order valence-corrected chi connectivity index (χ3v) is 7.82. The summed E-state index contributed by atoms with van der Waals surface area (Å²) in [7, 11) is -2.88. The van der Waals surface area contributed by atoms with Crippen molar-refractivity contribution < 1.29 is 27.2 Å². The SMILES string of the molecule is COc1c(-c2nc3c(ccc4cc(S(=O)(=O)O)cc(O)c43)[nH]2)cccc1-c1cccc2oc3ccccc3c12. The number of rotatable bonds is 4. The van der Waals surface area contributed by atoms with E-state index in [9.17, 15) is 18.1 Å². The van der Waals surface area contributed by atoms with E-state index in [-0.39, 0.29) is 5.75 Å². The van der Waals surface area contributed by atoms with Crippen LogP contribution in [-0.4, -0.2) is 35.2 Å². The van der Waals surface area contributed by atoms with E-state index in [0.717, 1.165) is 39.1 Å². The van der Waals surface area contributed by atoms with Crippen LogP contribution in [0.3, 0.4) is 0 Å². The van der Waals surface area contributed by atoms with Gasteiger partial charge in [0.05, 0.1) is 28.5 Å². The van der Waals surface area contributed by atoms with Crippen molar-refractivity contribution >= 4 is 53.9 Å². The van der Waals surface area contributed by atoms with Crippen LogP contribution in [0, 0.1) is 0 Å². The van der Waals surface area contributed by atoms with Gasteiger partial charge in [0.15, 0.2) is 0 Å². The Hall–Kier alpha value is -4.86. The number of aromatic hydroxyl groups is 1. The summed E-state index contributed by atoms with van der Waals surface area (Å²) >= 11 is 0. The number of phenolic OH excluding ortho intramolecular Hbond substituents is 1. The number of methoxy groups -OCH3 is 1. The van der Waals surface area contributed by atoms with E-state index >= 15 is 0 Å². The quantitative estimate of drug-likeness (QED) is 0.209. The molecule has 0 aliphatic rings. The summed E-state index contributed by atoms with van der Waals surface area (Å²) in [6.07, 6.45) is 0. The predicted octanol–water partition coefficient (Wildman–Crippen LogP) is 6.91. The molecule has 0 fully saturated rings. The Labute approximate surface area is 221 Å². The molecular formula is C30H20N2O6S. The third kappa shape index (κ3) is 3.55. The van der Waals surface area contributed by atoms with Gasteiger partial charge in [0, 0.05) is 22.4 Å². The Morgan fingerprint density at radius 2 is 1.59 bits per heavy atom. The Kier molecular flexibility index (Phi) is 4.97. The summed E-state index contributed by atoms with van der Waals surface area (Å²) in [6, 6.07) is 25.4. The number of ether oxygens (including phenoxy) is 1. The molecule has 7 rings (SSSR count). The maximum Gasteiger partial charge on any atom is 0.294 e. The molecule has 0 aliphatic carbocycles. The van der Waals surface area contributed by atoms with Crippen LogP contribution in [0.15, 0.2) is 94.2 Å². The number of nitrogens with zero attached hydrogens (tertiary/aromatic N) is 1. The molecule has 2 aromatic heterocycles. The molecular weight excluding hydrogens is 516 g/mol. The Morgan fingerprint density at radius 1 is 0.846 bits per heavy atom. The van der Waals surface area contributed by atoms with Crippen molar-refractivity contribution in [2.45, 2.75) is 4.90 Å². The average molecular weight is 537 g/mol. The Bertz CT molecular complexity index is 2210. The number of fused-ring (bicyclic) bond motifs is 6. The van der Waals surface area contributed by atoms with Gasteiger partial charge in [-0.3, -0.25) is 4.55 Å². The molecule has 0 aliphatic heterocycles. The molecule has 3 N–H and O–H groups in total. The van der Waals surface area contributed by atoms with Crippen molar-refractivity contribution in [3.05, 3.63) is 84.9 Å². The highest BCUT2D eigenvalue weighted by Gasteiger charge is 2.21. The normalized spacial score (nSPS) is 12.2. The Morgan fingerprint density at radius 3 is 2.41 bits per heavy atom. The smallest absolute Gasteiger partial charge is 0.294 e. The molecule has 9 heteroatoms. The summed E-state index contributed by atoms with van der Waals surface area (Å²) < 4.78 is 44.8. The van der Waals surface area contributed by atoms with Gasteiger partial charge in [0.1, 0.15) is 34.0 Å². The molecule has 192 valence electrons. The summed E-state index contributed by atoms with van der Waals surface area (Å²) in [5, 5.41) is 13.5. The number of hydrogen-bond donors (Lipinski definition) is 3. The van der Waals surface area contributed by atoms with E-state index in [1.165, 1.54) is 6.07 Å². The number of benzene rings is 5. The Balaban J connectivity index is 1.46. The third-order valence-electron chi connectivity index (χ3n) is 6.98. The standard InChI is InChI=1S/C30H20N2O6S/c1-37-29-19(18-7-5-11-25-27(18)20-6-2-3-10-24(20)38-25)8-4-9-21(29)30-31-22-13-12-16-14-17(39(34,35)36)15-23(33)26(16)28(22)32-30/h2-15,33H,1H3,(H,31,32)(H,34,35,36). The van der Waals surface area contributed by atoms with Gasteiger partial charge < -0.3 is 19.2 Å². The fourth-order valence-electron chi connectivity index (χ4n) is 5.31. The highest BCUT2D eigenvalue weighted by molar-refractivity contribution is 7.85. The van der Waals surface area contributed by atoms with Gasteiger partial charge in [0.2, 0.25) is 0 Å². The monoisotopic (exact) mass is 536 g/mol. The molecule has 0 atom stereocenters. The molecule has 2 heterocycles. The van der Waals surface area contributed by atoms with E-state index in [2.05, 4.69) is 4.98 Å². The number of aromatic nitrogens is 2. The van der Waals surface area contributed by atoms with Crippen molar-refractivity contribution in [1.29, 1.82) is 0 Å². The molecule has 0 bridgehead atoms. The van der Waals surface area contributed by atoms with Crippen LogP contribution < -0.4 is 4.74 Å². The zero-order valence-corrected chi connectivity index (χ0v) is 21.3. The van der Waals surface area contributed by atoms with Gasteiger partial charge in [-0.25, -0.2) is 4.98 Å². The molecule has 5 aromatic carbocycles. The molecule has 0 saturated heterocycles. The number of aromatic amines is 1. The van der Waals surface area contributed by atoms with Crippen LogP contribution in [0.2, 0.25) is 0 Å². The van der Waals surface area contributed by atoms with Crippen LogP contribution >= 0.6 is 0 Å². The van der Waals surface area contributed by atoms with Gasteiger partial charge in [-0.1, -0.05) is 48.5 Å². The first-order valence-corrected chi connectivity index (χ1v) is 13.5. The van der Waals surface area contributed by atoms with E-state index < -0.39 is 15.0 Å². The maximum absolute atomic E-state index is 11.6. The lowest BCUT2D eigenvalue weighted by molar-refractivity contribution is 0.418. The zero-order valence-electron chi connectivity index (χ0n) is 20.5. The molecule has 39 heavy (non-hydrogen) atoms. The van der Waals surface area contributed by atoms with Crippen LogP contribution in [-0.2, 0) is 10.1 Å². The molecule has 8 nitrogen and oxygen atoms in total. The van der Waals surface area contributed by atoms with E-state index in [0.29, 0.717) is 38.9 Å². The summed E-state index contributed by atoms with van der Waals surface area (Å²) in [5.41, 5.74) is 5.19. The van der Waals surface area contributed by atoms with Gasteiger partial charge in [-0.15, -0.1) is 0 Å². The first-order valence-electron chi connectivity index (χ1n) is 12.0. The van der Waals surface area contributed by atoms with Crippen LogP contribution in [0.5, 0.6) is 11.5 Å². The second kappa shape index (κ2) is 8.32. The maximum atomic E-state index is 11.6. The van der Waals surface area contributed by atoms with Gasteiger partial charge in [0.25, 0.3) is 10.1 Å². The molecule has 0 amide bonds. The van der Waals surface area contributed by atoms with Crippen LogP contribution in [0.25, 0.3) is 66.3 Å². The molecule has 0 spiro atoms. The number of imidazole rings is 1. The van der Waals surface area contributed by atoms with Gasteiger partial charge in [-0.2, -0.15) is 8.42 Å². The minimum atomic E-state index is -4.48. The minimum Gasteiger partial charge on any atom is -0.507 e. The largest absolute Gasteiger partial charge is 0.507 e. The first kappa shape index (κ1) is 23.3. The van der Waals surface area contributed by atoms with Crippen molar-refractivity contribution in [1.82, 2.24) is 9.97 Å². The van der Waals surface area contributed by atoms with E-state index in [1.807, 2.05) is 60.7 Å². The number of para-hydroxylation sites is 2. The van der Waals surface area contributed by atoms with E-state index in [4.69, 9.17) is 14.1 Å². The van der Waals surface area contributed by atoms with E-state index in [1.54, 1.807) is 19.2 Å². The fourth-order valence-corrected chi connectivity index (χ4v) is 5.85. The molecule has 0 unspecified atom stereocenters. The summed E-state index contributed by atoms with van der Waals surface area (Å²) in [6.45, 7) is 0. The number of hydrogen-bond acceptors (Lipinski definition) is 6. The second-order valence-corrected chi connectivity index (χ2v) is 10.6. The number of H-pyrrole nitrogens is 1. The lowest BCUT2D eigenvalue weighted by Gasteiger charge is -2.13. The second-order valence-electron chi connectivity index (χ2n) is 9.23. The lowest BCUT2D eigenvalue weighted by Crippen LogP contribution is -1.97. The summed E-state index contributed by atoms with van der Waals surface area (Å²) in [4.78, 5) is 7.70. The zero-order chi connectivity index (χ0) is 26.9. The first-order chi connectivity index (χ1) is 18.8. The lowest BCUT2D eigenvalue weighted by atomic mass is 9.96. The predicted molar refractivity (Wildman–Crippen MR) is 150 cm³/mol. The molecule has 0 radical (unpaired) electrons. The van der Waals surface area contributed by atoms with Gasteiger partial charge in [-0.05, 0) is 41.3 Å². The number of phenols is 1. The highest BCUT2D eigenvalue weighted by Crippen LogP contribution is 2.44. The van der Waals surface area contributed by atoms with Crippen molar-refractivity contribution in [3.8, 4) is 34.0 Å². The average Bonchev–Trinajstić information content (AvgIpc) is 3.53. The number of nitrogens with one attached hydrogen (secondary N) is 1. The van der Waals surface area contributed by atoms with Crippen molar-refractivity contribution in [2.75, 3.05) is 7.11 Å². The topological polar surface area (TPSA) is 126 Å². The fraction of sp³-hybridized carbons (Fsp3) is 0.0333. The number of furan rings is 1. The van der Waals surface area contributed by atoms with Gasteiger partial charge >= 0.3 is 0 Å². The molecule has 7 aromatic rings. The minimum absolute atomic E-state index is 0.303. The van der Waals surface area contributed by atoms with Crippen molar-refractivity contribution in [2.24, 2.45) is 0 Å². The van der Waals surface area contributed by atoms with Crippen LogP contribution in [0.1, 0.15) is 0 Å². The van der Waals surface area contributed by atoms with Crippen molar-refractivity contribution in [3.63, 3.8) is 0 Å². The highest BCUT2D eigenvalue weighted by atomic mass is 32.2. The summed E-state index contributed by atoms with van der Waals surface area (Å²) in [5.74, 6) is 0.818. The molecule has 0 saturated carbocycles. The van der Waals surface area contributed by atoms with Crippen LogP contribution in [0.4, 0.5) is 0 Å².